The fourth-order valence-corrected chi connectivity index (χ4v) is 4.10. The monoisotopic (exact) mass is 484 g/mol. The number of aryl methyl sites for hydroxylation is 1. The van der Waals surface area contributed by atoms with E-state index < -0.39 is 6.04 Å². The summed E-state index contributed by atoms with van der Waals surface area (Å²) in [5, 5.41) is 6.16. The van der Waals surface area contributed by atoms with Gasteiger partial charge in [0.15, 0.2) is 0 Å². The fourth-order valence-electron chi connectivity index (χ4n) is 3.78. The first-order chi connectivity index (χ1) is 15.8. The number of rotatable bonds is 9. The summed E-state index contributed by atoms with van der Waals surface area (Å²) in [5.74, 6) is -0.247. The molecule has 0 aliphatic heterocycles. The Hall–Kier alpha value is -2.56. The molecule has 3 rings (SSSR count). The Morgan fingerprint density at radius 1 is 0.970 bits per heavy atom. The summed E-state index contributed by atoms with van der Waals surface area (Å²) in [6, 6.07) is 19.0. The topological polar surface area (TPSA) is 49.4 Å². The third-order valence-corrected chi connectivity index (χ3v) is 6.73. The van der Waals surface area contributed by atoms with E-state index in [4.69, 9.17) is 23.2 Å². The Balaban J connectivity index is 1.81. The minimum Gasteiger partial charge on any atom is -0.352 e. The van der Waals surface area contributed by atoms with E-state index in [0.29, 0.717) is 22.9 Å². The van der Waals surface area contributed by atoms with Crippen LogP contribution in [0.25, 0.3) is 10.8 Å². The zero-order valence-corrected chi connectivity index (χ0v) is 20.8. The van der Waals surface area contributed by atoms with Crippen molar-refractivity contribution in [2.75, 3.05) is 0 Å². The van der Waals surface area contributed by atoms with Crippen molar-refractivity contribution in [2.24, 2.45) is 0 Å². The van der Waals surface area contributed by atoms with Gasteiger partial charge in [-0.05, 0) is 60.7 Å². The van der Waals surface area contributed by atoms with Gasteiger partial charge in [-0.1, -0.05) is 78.7 Å². The third kappa shape index (κ3) is 6.49. The number of halogens is 2. The molecule has 33 heavy (non-hydrogen) atoms. The maximum absolute atomic E-state index is 13.4. The van der Waals surface area contributed by atoms with Gasteiger partial charge in [0.2, 0.25) is 11.8 Å². The molecule has 0 aliphatic rings. The quantitative estimate of drug-likeness (QED) is 0.381. The Kier molecular flexibility index (Phi) is 8.76. The third-order valence-electron chi connectivity index (χ3n) is 5.99. The van der Waals surface area contributed by atoms with Gasteiger partial charge in [-0.2, -0.15) is 0 Å². The summed E-state index contributed by atoms with van der Waals surface area (Å²) in [5.41, 5.74) is 1.94. The number of fused-ring (bicyclic) bond motifs is 1. The molecule has 1 N–H and O–H groups in total. The van der Waals surface area contributed by atoms with Crippen LogP contribution >= 0.6 is 23.2 Å². The van der Waals surface area contributed by atoms with Crippen LogP contribution < -0.4 is 5.32 Å². The zero-order valence-electron chi connectivity index (χ0n) is 19.3. The van der Waals surface area contributed by atoms with E-state index in [1.165, 1.54) is 0 Å². The van der Waals surface area contributed by atoms with Crippen molar-refractivity contribution in [3.63, 3.8) is 0 Å². The normalized spacial score (nSPS) is 12.9. The summed E-state index contributed by atoms with van der Waals surface area (Å²) < 4.78 is 0. The van der Waals surface area contributed by atoms with Gasteiger partial charge in [0, 0.05) is 19.0 Å². The average molecular weight is 485 g/mol. The lowest BCUT2D eigenvalue weighted by Crippen LogP contribution is -2.49. The van der Waals surface area contributed by atoms with Gasteiger partial charge < -0.3 is 10.2 Å². The second-order valence-electron chi connectivity index (χ2n) is 8.40. The molecule has 0 spiro atoms. The first-order valence-corrected chi connectivity index (χ1v) is 12.1. The number of nitrogens with zero attached hydrogens (tertiary/aromatic N) is 1. The van der Waals surface area contributed by atoms with Gasteiger partial charge in [0.1, 0.15) is 6.04 Å². The van der Waals surface area contributed by atoms with Gasteiger partial charge in [-0.3, -0.25) is 9.59 Å². The van der Waals surface area contributed by atoms with Crippen molar-refractivity contribution in [2.45, 2.75) is 58.7 Å². The second-order valence-corrected chi connectivity index (χ2v) is 9.22. The summed E-state index contributed by atoms with van der Waals surface area (Å²) in [6.07, 6.45) is 1.72. The van der Waals surface area contributed by atoms with Crippen LogP contribution in [0.15, 0.2) is 60.7 Å². The predicted octanol–water partition coefficient (Wildman–Crippen LogP) is 6.41. The molecular formula is C27H30Cl2N2O2. The number of hydrogen-bond acceptors (Lipinski definition) is 2. The first kappa shape index (κ1) is 25.1. The van der Waals surface area contributed by atoms with Crippen molar-refractivity contribution in [1.29, 1.82) is 0 Å². The van der Waals surface area contributed by atoms with Gasteiger partial charge >= 0.3 is 0 Å². The van der Waals surface area contributed by atoms with E-state index in [0.717, 1.165) is 28.3 Å². The van der Waals surface area contributed by atoms with Crippen LogP contribution in [0.1, 0.15) is 44.7 Å². The lowest BCUT2D eigenvalue weighted by atomic mass is 10.0. The lowest BCUT2D eigenvalue weighted by molar-refractivity contribution is -0.140. The van der Waals surface area contributed by atoms with Gasteiger partial charge in [-0.25, -0.2) is 0 Å². The number of amides is 2. The van der Waals surface area contributed by atoms with E-state index in [-0.39, 0.29) is 24.4 Å². The van der Waals surface area contributed by atoms with Gasteiger partial charge in [0.05, 0.1) is 10.0 Å². The molecule has 3 aromatic rings. The second kappa shape index (κ2) is 11.5. The fraction of sp³-hybridized carbons (Fsp3) is 0.333. The number of nitrogens with one attached hydrogen (secondary N) is 1. The minimum atomic E-state index is -0.617. The minimum absolute atomic E-state index is 0.0394. The molecule has 3 aromatic carbocycles. The lowest BCUT2D eigenvalue weighted by Gasteiger charge is -2.30. The standard InChI is InChI=1S/C27H30Cl2N2O2/c1-4-18(2)30-27(33)19(3)31(17-20-12-14-24(28)25(29)16-20)26(32)15-13-22-10-7-9-21-8-5-6-11-23(21)22/h5-12,14,16,18-19H,4,13,15,17H2,1-3H3,(H,30,33)/t18-,19+/m0/s1. The van der Waals surface area contributed by atoms with Crippen molar-refractivity contribution < 1.29 is 9.59 Å². The van der Waals surface area contributed by atoms with Crippen molar-refractivity contribution >= 4 is 45.8 Å². The van der Waals surface area contributed by atoms with E-state index in [1.807, 2.05) is 38.1 Å². The van der Waals surface area contributed by atoms with Crippen LogP contribution in [-0.2, 0) is 22.6 Å². The molecule has 0 saturated heterocycles. The molecule has 2 amide bonds. The van der Waals surface area contributed by atoms with Crippen LogP contribution in [0.5, 0.6) is 0 Å². The Labute approximate surface area is 205 Å². The van der Waals surface area contributed by atoms with Crippen LogP contribution in [0, 0.1) is 0 Å². The Bertz CT molecular complexity index is 1130. The molecule has 0 aromatic heterocycles. The highest BCUT2D eigenvalue weighted by Gasteiger charge is 2.26. The molecule has 0 bridgehead atoms. The number of benzene rings is 3. The summed E-state index contributed by atoms with van der Waals surface area (Å²) >= 11 is 12.2. The van der Waals surface area contributed by atoms with Crippen LogP contribution in [0.3, 0.4) is 0 Å². The predicted molar refractivity (Wildman–Crippen MR) is 137 cm³/mol. The largest absolute Gasteiger partial charge is 0.352 e. The van der Waals surface area contributed by atoms with Gasteiger partial charge in [-0.15, -0.1) is 0 Å². The molecule has 0 unspecified atom stereocenters. The van der Waals surface area contributed by atoms with Crippen molar-refractivity contribution in [3.05, 3.63) is 81.8 Å². The molecule has 6 heteroatoms. The Morgan fingerprint density at radius 3 is 2.42 bits per heavy atom. The van der Waals surface area contributed by atoms with Crippen LogP contribution in [-0.4, -0.2) is 28.8 Å². The molecule has 2 atom stereocenters. The molecule has 4 nitrogen and oxygen atoms in total. The Morgan fingerprint density at radius 2 is 1.70 bits per heavy atom. The molecule has 0 radical (unpaired) electrons. The number of carbonyl (C=O) groups excluding carboxylic acids is 2. The molecule has 0 heterocycles. The van der Waals surface area contributed by atoms with Crippen molar-refractivity contribution in [1.82, 2.24) is 10.2 Å². The van der Waals surface area contributed by atoms with Crippen LogP contribution in [0.2, 0.25) is 10.0 Å². The molecule has 0 saturated carbocycles. The zero-order chi connectivity index (χ0) is 24.0. The van der Waals surface area contributed by atoms with E-state index in [1.54, 1.807) is 24.0 Å². The average Bonchev–Trinajstić information content (AvgIpc) is 2.82. The molecule has 0 fully saturated rings. The molecule has 174 valence electrons. The van der Waals surface area contributed by atoms with E-state index in [2.05, 4.69) is 29.6 Å². The summed E-state index contributed by atoms with van der Waals surface area (Å²) in [6.45, 7) is 6.01. The number of carbonyl (C=O) groups is 2. The van der Waals surface area contributed by atoms with E-state index in [9.17, 15) is 9.59 Å². The van der Waals surface area contributed by atoms with Crippen LogP contribution in [0.4, 0.5) is 0 Å². The summed E-state index contributed by atoms with van der Waals surface area (Å²) in [7, 11) is 0. The smallest absolute Gasteiger partial charge is 0.242 e. The highest BCUT2D eigenvalue weighted by Crippen LogP contribution is 2.25. The maximum Gasteiger partial charge on any atom is 0.242 e. The SMILES string of the molecule is CC[C@H](C)NC(=O)[C@@H](C)N(Cc1ccc(Cl)c(Cl)c1)C(=O)CCc1cccc2ccccc12. The van der Waals surface area contributed by atoms with Gasteiger partial charge in [0.25, 0.3) is 0 Å². The first-order valence-electron chi connectivity index (χ1n) is 11.3. The summed E-state index contributed by atoms with van der Waals surface area (Å²) in [4.78, 5) is 27.9. The maximum atomic E-state index is 13.4. The highest BCUT2D eigenvalue weighted by atomic mass is 35.5. The number of hydrogen-bond donors (Lipinski definition) is 1. The van der Waals surface area contributed by atoms with E-state index >= 15 is 0 Å². The molecule has 0 aliphatic carbocycles. The highest BCUT2D eigenvalue weighted by molar-refractivity contribution is 6.42. The van der Waals surface area contributed by atoms with Crippen molar-refractivity contribution in [3.8, 4) is 0 Å². The molecular weight excluding hydrogens is 455 g/mol.